The van der Waals surface area contributed by atoms with Gasteiger partial charge in [0.25, 0.3) is 0 Å². The van der Waals surface area contributed by atoms with E-state index in [0.717, 1.165) is 37.7 Å². The molecule has 0 saturated carbocycles. The van der Waals surface area contributed by atoms with Crippen LogP contribution in [0.5, 0.6) is 0 Å². The molecule has 100 valence electrons. The zero-order chi connectivity index (χ0) is 12.8. The number of aryl methyl sites for hydroxylation is 1. The number of thiophene rings is 1. The minimum Gasteiger partial charge on any atom is -0.342 e. The highest BCUT2D eigenvalue weighted by atomic mass is 79.9. The number of hydrogen-bond donors (Lipinski definition) is 0. The summed E-state index contributed by atoms with van der Waals surface area (Å²) in [6.07, 6.45) is 5.14. The first-order valence-corrected chi connectivity index (χ1v) is 8.66. The summed E-state index contributed by atoms with van der Waals surface area (Å²) in [5.41, 5.74) is 0. The van der Waals surface area contributed by atoms with E-state index in [-0.39, 0.29) is 0 Å². The van der Waals surface area contributed by atoms with Gasteiger partial charge in [0.15, 0.2) is 0 Å². The van der Waals surface area contributed by atoms with E-state index in [1.807, 2.05) is 0 Å². The number of likely N-dealkylation sites (tertiary alicyclic amines) is 1. The standard InChI is InChI=1S/C14H20BrNOS/c15-10-12-4-2-8-16(11-12)14(17)7-1-5-13-6-3-9-18-13/h3,6,9,12H,1-2,4-5,7-8,10-11H2. The molecule has 0 radical (unpaired) electrons. The molecule has 18 heavy (non-hydrogen) atoms. The van der Waals surface area contributed by atoms with Crippen molar-refractivity contribution >= 4 is 33.2 Å². The zero-order valence-electron chi connectivity index (χ0n) is 10.6. The molecule has 1 amide bonds. The summed E-state index contributed by atoms with van der Waals surface area (Å²) in [4.78, 5) is 15.6. The second-order valence-electron chi connectivity index (χ2n) is 4.94. The third-order valence-corrected chi connectivity index (χ3v) is 5.34. The highest BCUT2D eigenvalue weighted by Gasteiger charge is 2.22. The molecule has 2 nitrogen and oxygen atoms in total. The van der Waals surface area contributed by atoms with Crippen molar-refractivity contribution in [3.05, 3.63) is 22.4 Å². The zero-order valence-corrected chi connectivity index (χ0v) is 13.0. The number of rotatable bonds is 5. The molecule has 1 aromatic rings. The van der Waals surface area contributed by atoms with Crippen molar-refractivity contribution in [2.75, 3.05) is 18.4 Å². The first-order chi connectivity index (χ1) is 8.79. The second kappa shape index (κ2) is 7.29. The van der Waals surface area contributed by atoms with Gasteiger partial charge in [-0.3, -0.25) is 4.79 Å². The molecule has 1 aliphatic heterocycles. The Kier molecular flexibility index (Phi) is 5.70. The Bertz CT molecular complexity index is 366. The Morgan fingerprint density at radius 2 is 2.44 bits per heavy atom. The van der Waals surface area contributed by atoms with Gasteiger partial charge >= 0.3 is 0 Å². The second-order valence-corrected chi connectivity index (χ2v) is 6.61. The van der Waals surface area contributed by atoms with Crippen molar-refractivity contribution in [3.63, 3.8) is 0 Å². The fraction of sp³-hybridized carbons (Fsp3) is 0.643. The van der Waals surface area contributed by atoms with Gasteiger partial charge in [-0.2, -0.15) is 0 Å². The van der Waals surface area contributed by atoms with Gasteiger partial charge in [0.2, 0.25) is 5.91 Å². The molecule has 4 heteroatoms. The smallest absolute Gasteiger partial charge is 0.222 e. The lowest BCUT2D eigenvalue weighted by molar-refractivity contribution is -0.132. The summed E-state index contributed by atoms with van der Waals surface area (Å²) >= 11 is 5.31. The fourth-order valence-corrected chi connectivity index (χ4v) is 3.72. The van der Waals surface area contributed by atoms with Gasteiger partial charge in [-0.1, -0.05) is 22.0 Å². The van der Waals surface area contributed by atoms with Gasteiger partial charge in [0.1, 0.15) is 0 Å². The number of carbonyl (C=O) groups excluding carboxylic acids is 1. The predicted octanol–water partition coefficient (Wildman–Crippen LogP) is 3.70. The van der Waals surface area contributed by atoms with Crippen molar-refractivity contribution in [3.8, 4) is 0 Å². The van der Waals surface area contributed by atoms with Crippen LogP contribution in [0.3, 0.4) is 0 Å². The number of hydrogen-bond acceptors (Lipinski definition) is 2. The van der Waals surface area contributed by atoms with Crippen LogP contribution in [-0.4, -0.2) is 29.2 Å². The highest BCUT2D eigenvalue weighted by molar-refractivity contribution is 9.09. The first kappa shape index (κ1) is 14.1. The van der Waals surface area contributed by atoms with Gasteiger partial charge in [-0.25, -0.2) is 0 Å². The molecule has 1 unspecified atom stereocenters. The first-order valence-electron chi connectivity index (χ1n) is 6.65. The van der Waals surface area contributed by atoms with Crippen LogP contribution >= 0.6 is 27.3 Å². The molecule has 0 aliphatic carbocycles. The molecule has 0 N–H and O–H groups in total. The van der Waals surface area contributed by atoms with Crippen molar-refractivity contribution in [1.29, 1.82) is 0 Å². The van der Waals surface area contributed by atoms with Crippen LogP contribution in [0.25, 0.3) is 0 Å². The van der Waals surface area contributed by atoms with E-state index in [1.54, 1.807) is 11.3 Å². The van der Waals surface area contributed by atoms with E-state index >= 15 is 0 Å². The number of carbonyl (C=O) groups is 1. The molecule has 0 bridgehead atoms. The molecule has 2 heterocycles. The van der Waals surface area contributed by atoms with E-state index in [9.17, 15) is 4.79 Å². The third kappa shape index (κ3) is 4.09. The summed E-state index contributed by atoms with van der Waals surface area (Å²) < 4.78 is 0. The van der Waals surface area contributed by atoms with Crippen LogP contribution in [0, 0.1) is 5.92 Å². The number of piperidine rings is 1. The van der Waals surface area contributed by atoms with Crippen molar-refractivity contribution < 1.29 is 4.79 Å². The van der Waals surface area contributed by atoms with Crippen LogP contribution in [0.4, 0.5) is 0 Å². The predicted molar refractivity (Wildman–Crippen MR) is 80.4 cm³/mol. The maximum absolute atomic E-state index is 12.1. The average molecular weight is 330 g/mol. The van der Waals surface area contributed by atoms with Crippen molar-refractivity contribution in [1.82, 2.24) is 4.90 Å². The Balaban J connectivity index is 1.70. The van der Waals surface area contributed by atoms with Crippen LogP contribution < -0.4 is 0 Å². The van der Waals surface area contributed by atoms with Gasteiger partial charge in [0, 0.05) is 29.7 Å². The van der Waals surface area contributed by atoms with Gasteiger partial charge in [0.05, 0.1) is 0 Å². The quantitative estimate of drug-likeness (QED) is 0.754. The summed E-state index contributed by atoms with van der Waals surface area (Å²) in [6.45, 7) is 1.91. The van der Waals surface area contributed by atoms with E-state index < -0.39 is 0 Å². The summed E-state index contributed by atoms with van der Waals surface area (Å²) in [6, 6.07) is 4.23. The Morgan fingerprint density at radius 1 is 1.56 bits per heavy atom. The maximum atomic E-state index is 12.1. The number of amides is 1. The van der Waals surface area contributed by atoms with Crippen LogP contribution in [0.1, 0.15) is 30.6 Å². The maximum Gasteiger partial charge on any atom is 0.222 e. The van der Waals surface area contributed by atoms with Crippen LogP contribution in [0.2, 0.25) is 0 Å². The van der Waals surface area contributed by atoms with E-state index in [0.29, 0.717) is 18.2 Å². The lowest BCUT2D eigenvalue weighted by Gasteiger charge is -2.32. The summed E-state index contributed by atoms with van der Waals surface area (Å²) in [7, 11) is 0. The summed E-state index contributed by atoms with van der Waals surface area (Å²) in [5.74, 6) is 0.997. The lowest BCUT2D eigenvalue weighted by Crippen LogP contribution is -2.40. The van der Waals surface area contributed by atoms with Gasteiger partial charge < -0.3 is 4.90 Å². The Labute approximate surface area is 122 Å². The van der Waals surface area contributed by atoms with Crippen molar-refractivity contribution in [2.24, 2.45) is 5.92 Å². The minimum absolute atomic E-state index is 0.345. The Morgan fingerprint density at radius 3 is 3.17 bits per heavy atom. The third-order valence-electron chi connectivity index (χ3n) is 3.48. The number of nitrogens with zero attached hydrogens (tertiary/aromatic N) is 1. The largest absolute Gasteiger partial charge is 0.342 e. The molecule has 0 spiro atoms. The summed E-state index contributed by atoms with van der Waals surface area (Å²) in [5, 5.41) is 3.12. The molecule has 1 aliphatic rings. The van der Waals surface area contributed by atoms with E-state index in [2.05, 4.69) is 38.3 Å². The Hall–Kier alpha value is -0.350. The molecular weight excluding hydrogens is 310 g/mol. The molecule has 0 aromatic carbocycles. The average Bonchev–Trinajstić information content (AvgIpc) is 2.92. The molecule has 1 aromatic heterocycles. The molecule has 1 atom stereocenters. The highest BCUT2D eigenvalue weighted by Crippen LogP contribution is 2.19. The number of alkyl halides is 1. The lowest BCUT2D eigenvalue weighted by atomic mass is 10.00. The topological polar surface area (TPSA) is 20.3 Å². The van der Waals surface area contributed by atoms with Crippen LogP contribution in [-0.2, 0) is 11.2 Å². The van der Waals surface area contributed by atoms with E-state index in [4.69, 9.17) is 0 Å². The van der Waals surface area contributed by atoms with Crippen LogP contribution in [0.15, 0.2) is 17.5 Å². The molecule has 1 saturated heterocycles. The van der Waals surface area contributed by atoms with Gasteiger partial charge in [-0.15, -0.1) is 11.3 Å². The molecule has 1 fully saturated rings. The minimum atomic E-state index is 0.345. The fourth-order valence-electron chi connectivity index (χ4n) is 2.44. The number of halogens is 1. The van der Waals surface area contributed by atoms with Crippen molar-refractivity contribution in [2.45, 2.75) is 32.1 Å². The monoisotopic (exact) mass is 329 g/mol. The molecule has 2 rings (SSSR count). The van der Waals surface area contributed by atoms with Gasteiger partial charge in [-0.05, 0) is 43.0 Å². The SMILES string of the molecule is O=C(CCCc1cccs1)N1CCCC(CBr)C1. The normalized spacial score (nSPS) is 20.1. The molecular formula is C14H20BrNOS. The van der Waals surface area contributed by atoms with E-state index in [1.165, 1.54) is 11.3 Å².